The molecule has 0 fully saturated rings. The predicted octanol–water partition coefficient (Wildman–Crippen LogP) is 4.59. The van der Waals surface area contributed by atoms with E-state index < -0.39 is 0 Å². The molecule has 0 aliphatic carbocycles. The maximum atomic E-state index is 9.44. The fraction of sp³-hybridized carbons (Fsp3) is 0.833. The second-order valence-electron chi connectivity index (χ2n) is 3.65. The zero-order valence-corrected chi connectivity index (χ0v) is 9.18. The summed E-state index contributed by atoms with van der Waals surface area (Å²) in [7, 11) is 0. The lowest BCUT2D eigenvalue weighted by Gasteiger charge is -1.99. The Hall–Kier alpha value is -0.460. The van der Waals surface area contributed by atoms with Gasteiger partial charge < -0.3 is 5.11 Å². The van der Waals surface area contributed by atoms with Gasteiger partial charge in [0.25, 0.3) is 0 Å². The van der Waals surface area contributed by atoms with Gasteiger partial charge in [0.05, 0.1) is 5.76 Å². The molecule has 13 heavy (non-hydrogen) atoms. The van der Waals surface area contributed by atoms with Gasteiger partial charge in [-0.15, -0.1) is 0 Å². The van der Waals surface area contributed by atoms with Crippen LogP contribution in [0.4, 0.5) is 0 Å². The molecular weight excluding hydrogens is 160 g/mol. The van der Waals surface area contributed by atoms with E-state index in [0.717, 1.165) is 19.3 Å². The van der Waals surface area contributed by atoms with Gasteiger partial charge in [-0.25, -0.2) is 0 Å². The molecule has 1 heteroatoms. The number of rotatable bonds is 8. The van der Waals surface area contributed by atoms with E-state index >= 15 is 0 Å². The molecule has 0 bridgehead atoms. The minimum Gasteiger partial charge on any atom is -0.513 e. The number of unbranched alkanes of at least 4 members (excludes halogenated alkanes) is 5. The summed E-state index contributed by atoms with van der Waals surface area (Å²) in [6.45, 7) is 4.38. The molecule has 0 spiro atoms. The molecule has 0 aromatic heterocycles. The van der Waals surface area contributed by atoms with Crippen LogP contribution >= 0.6 is 0 Å². The summed E-state index contributed by atoms with van der Waals surface area (Å²) in [5.74, 6) is 0.601. The lowest BCUT2D eigenvalue weighted by atomic mass is 10.1. The lowest BCUT2D eigenvalue weighted by molar-refractivity contribution is 0.378. The molecule has 0 aromatic rings. The van der Waals surface area contributed by atoms with Gasteiger partial charge in [-0.3, -0.25) is 0 Å². The molecule has 0 radical (unpaired) electrons. The number of hydrogen-bond acceptors (Lipinski definition) is 1. The predicted molar refractivity (Wildman–Crippen MR) is 59.0 cm³/mol. The third-order valence-corrected chi connectivity index (χ3v) is 2.22. The first-order chi connectivity index (χ1) is 6.31. The molecule has 0 aliphatic rings. The fourth-order valence-corrected chi connectivity index (χ4v) is 1.32. The molecule has 78 valence electrons. The van der Waals surface area contributed by atoms with Gasteiger partial charge in [-0.2, -0.15) is 0 Å². The van der Waals surface area contributed by atoms with Crippen LogP contribution in [0.1, 0.15) is 65.2 Å². The first-order valence-corrected chi connectivity index (χ1v) is 5.69. The Kier molecular flexibility index (Phi) is 9.29. The summed E-state index contributed by atoms with van der Waals surface area (Å²) < 4.78 is 0. The first kappa shape index (κ1) is 12.5. The van der Waals surface area contributed by atoms with E-state index in [-0.39, 0.29) is 0 Å². The van der Waals surface area contributed by atoms with E-state index in [9.17, 15) is 5.11 Å². The van der Waals surface area contributed by atoms with Crippen LogP contribution in [-0.2, 0) is 0 Å². The quantitative estimate of drug-likeness (QED) is 0.432. The van der Waals surface area contributed by atoms with E-state index in [2.05, 4.69) is 13.8 Å². The summed E-state index contributed by atoms with van der Waals surface area (Å²) in [5.41, 5.74) is 0. The molecule has 0 saturated carbocycles. The van der Waals surface area contributed by atoms with Crippen molar-refractivity contribution in [3.63, 3.8) is 0 Å². The summed E-state index contributed by atoms with van der Waals surface area (Å²) in [5, 5.41) is 9.44. The minimum absolute atomic E-state index is 0.601. The van der Waals surface area contributed by atoms with Crippen LogP contribution < -0.4 is 0 Å². The number of aliphatic hydroxyl groups is 1. The largest absolute Gasteiger partial charge is 0.513 e. The second kappa shape index (κ2) is 9.63. The molecule has 0 rings (SSSR count). The van der Waals surface area contributed by atoms with Crippen LogP contribution in [0, 0.1) is 0 Å². The van der Waals surface area contributed by atoms with E-state index in [1.54, 1.807) is 0 Å². The maximum Gasteiger partial charge on any atom is 0.0882 e. The van der Waals surface area contributed by atoms with Crippen LogP contribution in [0.25, 0.3) is 0 Å². The molecular formula is C12H24O. The Bertz CT molecular complexity index is 127. The van der Waals surface area contributed by atoms with Crippen LogP contribution in [0.3, 0.4) is 0 Å². The van der Waals surface area contributed by atoms with Crippen LogP contribution in [0.2, 0.25) is 0 Å². The molecule has 0 saturated heterocycles. The Morgan fingerprint density at radius 2 is 1.62 bits per heavy atom. The molecule has 0 unspecified atom stereocenters. The fourth-order valence-electron chi connectivity index (χ4n) is 1.32. The molecule has 0 heterocycles. The van der Waals surface area contributed by atoms with Crippen LogP contribution in [0.15, 0.2) is 11.8 Å². The van der Waals surface area contributed by atoms with Crippen molar-refractivity contribution in [3.05, 3.63) is 11.8 Å². The van der Waals surface area contributed by atoms with Crippen molar-refractivity contribution < 1.29 is 5.11 Å². The third kappa shape index (κ3) is 9.45. The monoisotopic (exact) mass is 184 g/mol. The highest BCUT2D eigenvalue weighted by Gasteiger charge is 1.92. The van der Waals surface area contributed by atoms with E-state index in [1.165, 1.54) is 32.1 Å². The summed E-state index contributed by atoms with van der Waals surface area (Å²) in [6.07, 6.45) is 11.2. The Labute approximate surface area is 82.9 Å². The topological polar surface area (TPSA) is 20.2 Å². The highest BCUT2D eigenvalue weighted by atomic mass is 16.3. The Morgan fingerprint density at radius 1 is 1.00 bits per heavy atom. The minimum atomic E-state index is 0.601. The first-order valence-electron chi connectivity index (χ1n) is 5.69. The molecule has 0 amide bonds. The second-order valence-corrected chi connectivity index (χ2v) is 3.65. The maximum absolute atomic E-state index is 9.44. The highest BCUT2D eigenvalue weighted by Crippen LogP contribution is 2.08. The van der Waals surface area contributed by atoms with E-state index in [1.807, 2.05) is 6.08 Å². The van der Waals surface area contributed by atoms with E-state index in [0.29, 0.717) is 5.76 Å². The van der Waals surface area contributed by atoms with E-state index in [4.69, 9.17) is 0 Å². The summed E-state index contributed by atoms with van der Waals surface area (Å²) in [6, 6.07) is 0. The standard InChI is InChI=1S/C12H24O/c1-3-5-7-9-11-12(13)10-8-6-4-2/h11,13H,3-10H2,1-2H3. The molecule has 0 atom stereocenters. The van der Waals surface area contributed by atoms with Crippen LogP contribution in [-0.4, -0.2) is 5.11 Å². The van der Waals surface area contributed by atoms with Gasteiger partial charge in [0.2, 0.25) is 0 Å². The highest BCUT2D eigenvalue weighted by molar-refractivity contribution is 4.90. The Morgan fingerprint density at radius 3 is 2.23 bits per heavy atom. The average molecular weight is 184 g/mol. The van der Waals surface area contributed by atoms with Crippen molar-refractivity contribution >= 4 is 0 Å². The summed E-state index contributed by atoms with van der Waals surface area (Å²) >= 11 is 0. The van der Waals surface area contributed by atoms with Crippen molar-refractivity contribution in [3.8, 4) is 0 Å². The zero-order valence-electron chi connectivity index (χ0n) is 9.18. The smallest absolute Gasteiger partial charge is 0.0882 e. The lowest BCUT2D eigenvalue weighted by Crippen LogP contribution is -1.83. The van der Waals surface area contributed by atoms with Gasteiger partial charge >= 0.3 is 0 Å². The van der Waals surface area contributed by atoms with Crippen molar-refractivity contribution in [1.82, 2.24) is 0 Å². The van der Waals surface area contributed by atoms with Gasteiger partial charge in [0, 0.05) is 6.42 Å². The molecule has 0 aliphatic heterocycles. The van der Waals surface area contributed by atoms with Crippen molar-refractivity contribution in [1.29, 1.82) is 0 Å². The van der Waals surface area contributed by atoms with Gasteiger partial charge in [-0.05, 0) is 25.3 Å². The Balaban J connectivity index is 3.29. The van der Waals surface area contributed by atoms with Gasteiger partial charge in [0.1, 0.15) is 0 Å². The van der Waals surface area contributed by atoms with Gasteiger partial charge in [-0.1, -0.05) is 39.5 Å². The normalized spacial score (nSPS) is 12.0. The number of allylic oxidation sites excluding steroid dienone is 2. The number of aliphatic hydroxyl groups excluding tert-OH is 1. The molecule has 1 nitrogen and oxygen atoms in total. The SMILES string of the molecule is CCCCCC=C(O)CCCCC. The zero-order chi connectivity index (χ0) is 9.94. The number of hydrogen-bond donors (Lipinski definition) is 1. The van der Waals surface area contributed by atoms with Crippen molar-refractivity contribution in [2.24, 2.45) is 0 Å². The van der Waals surface area contributed by atoms with Crippen molar-refractivity contribution in [2.45, 2.75) is 65.2 Å². The van der Waals surface area contributed by atoms with Crippen LogP contribution in [0.5, 0.6) is 0 Å². The average Bonchev–Trinajstić information content (AvgIpc) is 2.13. The van der Waals surface area contributed by atoms with Gasteiger partial charge in [0.15, 0.2) is 0 Å². The molecule has 1 N–H and O–H groups in total. The summed E-state index contributed by atoms with van der Waals surface area (Å²) in [4.78, 5) is 0. The molecule has 0 aromatic carbocycles. The third-order valence-electron chi connectivity index (χ3n) is 2.22. The van der Waals surface area contributed by atoms with Crippen molar-refractivity contribution in [2.75, 3.05) is 0 Å².